The number of piperazine rings is 1. The zero-order valence-corrected chi connectivity index (χ0v) is 20.4. The van der Waals surface area contributed by atoms with Gasteiger partial charge in [0.1, 0.15) is 12.2 Å². The minimum absolute atomic E-state index is 0.0386. The predicted molar refractivity (Wildman–Crippen MR) is 131 cm³/mol. The molecule has 0 aliphatic carbocycles. The van der Waals surface area contributed by atoms with Gasteiger partial charge in [-0.05, 0) is 48.4 Å². The molecule has 0 atom stereocenters. The summed E-state index contributed by atoms with van der Waals surface area (Å²) in [5.41, 5.74) is 1.45. The van der Waals surface area contributed by atoms with Gasteiger partial charge in [0.25, 0.3) is 11.8 Å². The lowest BCUT2D eigenvalue weighted by molar-refractivity contribution is -0.121. The summed E-state index contributed by atoms with van der Waals surface area (Å²) < 4.78 is 17.4. The van der Waals surface area contributed by atoms with Crippen molar-refractivity contribution in [1.29, 1.82) is 0 Å². The van der Waals surface area contributed by atoms with E-state index in [-0.39, 0.29) is 24.3 Å². The first kappa shape index (κ1) is 24.9. The SMILES string of the molecule is COc1ccc(CCNC(=O)Cn2cccc2C(=O)N2CCN(C(=O)c3ccco3)CC2)cc1OC. The van der Waals surface area contributed by atoms with Gasteiger partial charge in [0.2, 0.25) is 5.91 Å². The third-order valence-electron chi connectivity index (χ3n) is 6.13. The lowest BCUT2D eigenvalue weighted by atomic mass is 10.1. The lowest BCUT2D eigenvalue weighted by Crippen LogP contribution is -2.50. The molecule has 10 heteroatoms. The first-order valence-corrected chi connectivity index (χ1v) is 11.7. The van der Waals surface area contributed by atoms with Gasteiger partial charge < -0.3 is 33.6 Å². The maximum Gasteiger partial charge on any atom is 0.289 e. The van der Waals surface area contributed by atoms with E-state index in [2.05, 4.69) is 5.32 Å². The van der Waals surface area contributed by atoms with Crippen molar-refractivity contribution in [2.24, 2.45) is 0 Å². The normalized spacial score (nSPS) is 13.4. The summed E-state index contributed by atoms with van der Waals surface area (Å²) in [5.74, 6) is 1.06. The molecule has 1 aliphatic heterocycles. The summed E-state index contributed by atoms with van der Waals surface area (Å²) in [6.45, 7) is 2.15. The summed E-state index contributed by atoms with van der Waals surface area (Å²) >= 11 is 0. The van der Waals surface area contributed by atoms with E-state index in [1.807, 2.05) is 18.2 Å². The Labute approximate surface area is 209 Å². The van der Waals surface area contributed by atoms with E-state index in [9.17, 15) is 14.4 Å². The average molecular weight is 495 g/mol. The van der Waals surface area contributed by atoms with Crippen LogP contribution < -0.4 is 14.8 Å². The van der Waals surface area contributed by atoms with Crippen LogP contribution in [0.25, 0.3) is 0 Å². The fourth-order valence-corrected chi connectivity index (χ4v) is 4.17. The zero-order valence-electron chi connectivity index (χ0n) is 20.4. The number of benzene rings is 1. The van der Waals surface area contributed by atoms with Crippen molar-refractivity contribution in [1.82, 2.24) is 19.7 Å². The number of carbonyl (C=O) groups is 3. The fourth-order valence-electron chi connectivity index (χ4n) is 4.17. The molecule has 190 valence electrons. The molecule has 3 heterocycles. The molecule has 1 aliphatic rings. The minimum atomic E-state index is -0.186. The minimum Gasteiger partial charge on any atom is -0.493 e. The van der Waals surface area contributed by atoms with Crippen LogP contribution in [0.5, 0.6) is 11.5 Å². The first-order chi connectivity index (χ1) is 17.5. The average Bonchev–Trinajstić information content (AvgIpc) is 3.60. The summed E-state index contributed by atoms with van der Waals surface area (Å²) in [6, 6.07) is 12.4. The highest BCUT2D eigenvalue weighted by Gasteiger charge is 2.27. The largest absolute Gasteiger partial charge is 0.493 e. The van der Waals surface area contributed by atoms with Gasteiger partial charge in [0.15, 0.2) is 17.3 Å². The predicted octanol–water partition coefficient (Wildman–Crippen LogP) is 2.06. The number of aromatic nitrogens is 1. The van der Waals surface area contributed by atoms with E-state index in [0.717, 1.165) is 5.56 Å². The van der Waals surface area contributed by atoms with Crippen LogP contribution in [0.4, 0.5) is 0 Å². The van der Waals surface area contributed by atoms with Crippen molar-refractivity contribution in [3.8, 4) is 11.5 Å². The van der Waals surface area contributed by atoms with Gasteiger partial charge in [0, 0.05) is 38.9 Å². The van der Waals surface area contributed by atoms with Crippen molar-refractivity contribution in [3.63, 3.8) is 0 Å². The Balaban J connectivity index is 1.27. The molecule has 4 rings (SSSR count). The fraction of sp³-hybridized carbons (Fsp3) is 0.346. The second kappa shape index (κ2) is 11.5. The number of methoxy groups -OCH3 is 2. The summed E-state index contributed by atoms with van der Waals surface area (Å²) in [6.07, 6.45) is 3.82. The van der Waals surface area contributed by atoms with Gasteiger partial charge >= 0.3 is 0 Å². The molecule has 0 bridgehead atoms. The molecule has 1 fully saturated rings. The van der Waals surface area contributed by atoms with Gasteiger partial charge in [-0.1, -0.05) is 6.07 Å². The van der Waals surface area contributed by atoms with Gasteiger partial charge in [0.05, 0.1) is 20.5 Å². The van der Waals surface area contributed by atoms with Crippen LogP contribution in [0.15, 0.2) is 59.3 Å². The summed E-state index contributed by atoms with van der Waals surface area (Å²) in [5, 5.41) is 2.90. The molecule has 1 saturated heterocycles. The standard InChI is InChI=1S/C26H30N4O6/c1-34-21-8-7-19(17-23(21)35-2)9-10-27-24(31)18-30-11-3-5-20(30)25(32)28-12-14-29(15-13-28)26(33)22-6-4-16-36-22/h3-8,11,16-17H,9-10,12-15,18H2,1-2H3,(H,27,31). The van der Waals surface area contributed by atoms with E-state index < -0.39 is 0 Å². The monoisotopic (exact) mass is 494 g/mol. The van der Waals surface area contributed by atoms with E-state index in [4.69, 9.17) is 13.9 Å². The van der Waals surface area contributed by atoms with Crippen LogP contribution in [0.1, 0.15) is 26.6 Å². The first-order valence-electron chi connectivity index (χ1n) is 11.7. The molecule has 0 radical (unpaired) electrons. The molecule has 2 aromatic heterocycles. The van der Waals surface area contributed by atoms with E-state index >= 15 is 0 Å². The van der Waals surface area contributed by atoms with Crippen molar-refractivity contribution in [3.05, 3.63) is 71.9 Å². The van der Waals surface area contributed by atoms with Crippen LogP contribution in [0, 0.1) is 0 Å². The molecule has 1 aromatic carbocycles. The van der Waals surface area contributed by atoms with Crippen molar-refractivity contribution >= 4 is 17.7 Å². The topological polar surface area (TPSA) is 106 Å². The van der Waals surface area contributed by atoms with Gasteiger partial charge in [-0.25, -0.2) is 0 Å². The number of rotatable bonds is 9. The molecular weight excluding hydrogens is 464 g/mol. The second-order valence-corrected chi connectivity index (χ2v) is 8.37. The van der Waals surface area contributed by atoms with E-state index in [1.54, 1.807) is 59.0 Å². The summed E-state index contributed by atoms with van der Waals surface area (Å²) in [7, 11) is 3.17. The highest BCUT2D eigenvalue weighted by molar-refractivity contribution is 5.94. The van der Waals surface area contributed by atoms with E-state index in [1.165, 1.54) is 6.26 Å². The quantitative estimate of drug-likeness (QED) is 0.488. The Morgan fingerprint density at radius 2 is 1.64 bits per heavy atom. The van der Waals surface area contributed by atoms with Gasteiger partial charge in [-0.15, -0.1) is 0 Å². The van der Waals surface area contributed by atoms with Gasteiger partial charge in [-0.2, -0.15) is 0 Å². The third kappa shape index (κ3) is 5.70. The van der Waals surface area contributed by atoms with E-state index in [0.29, 0.717) is 62.1 Å². The number of nitrogens with zero attached hydrogens (tertiary/aromatic N) is 3. The number of ether oxygens (including phenoxy) is 2. The molecule has 0 unspecified atom stereocenters. The maximum absolute atomic E-state index is 13.1. The van der Waals surface area contributed by atoms with Crippen molar-refractivity contribution < 1.29 is 28.3 Å². The molecule has 3 aromatic rings. The Morgan fingerprint density at radius 1 is 0.917 bits per heavy atom. The number of carbonyl (C=O) groups excluding carboxylic acids is 3. The Hall–Kier alpha value is -4.21. The highest BCUT2D eigenvalue weighted by atomic mass is 16.5. The van der Waals surface area contributed by atoms with Crippen LogP contribution >= 0.6 is 0 Å². The molecule has 3 amide bonds. The second-order valence-electron chi connectivity index (χ2n) is 8.37. The van der Waals surface area contributed by atoms with Crippen LogP contribution in [0.3, 0.4) is 0 Å². The molecule has 36 heavy (non-hydrogen) atoms. The lowest BCUT2D eigenvalue weighted by Gasteiger charge is -2.34. The highest BCUT2D eigenvalue weighted by Crippen LogP contribution is 2.27. The number of amides is 3. The van der Waals surface area contributed by atoms with Crippen molar-refractivity contribution in [2.45, 2.75) is 13.0 Å². The number of hydrogen-bond acceptors (Lipinski definition) is 6. The Kier molecular flexibility index (Phi) is 7.94. The van der Waals surface area contributed by atoms with Crippen LogP contribution in [-0.4, -0.2) is 79.0 Å². The third-order valence-corrected chi connectivity index (χ3v) is 6.13. The summed E-state index contributed by atoms with van der Waals surface area (Å²) in [4.78, 5) is 41.5. The van der Waals surface area contributed by atoms with Gasteiger partial charge in [-0.3, -0.25) is 14.4 Å². The Bertz CT molecular complexity index is 1200. The molecule has 10 nitrogen and oxygen atoms in total. The Morgan fingerprint density at radius 3 is 2.31 bits per heavy atom. The molecule has 1 N–H and O–H groups in total. The smallest absolute Gasteiger partial charge is 0.289 e. The van der Waals surface area contributed by atoms with Crippen LogP contribution in [0.2, 0.25) is 0 Å². The number of furan rings is 1. The van der Waals surface area contributed by atoms with Crippen molar-refractivity contribution in [2.75, 3.05) is 46.9 Å². The molecule has 0 saturated carbocycles. The molecule has 0 spiro atoms. The van der Waals surface area contributed by atoms with Crippen LogP contribution in [-0.2, 0) is 17.8 Å². The molecular formula is C26H30N4O6. The maximum atomic E-state index is 13.1. The number of nitrogens with one attached hydrogen (secondary N) is 1. The zero-order chi connectivity index (χ0) is 25.5. The number of hydrogen-bond donors (Lipinski definition) is 1.